The maximum atomic E-state index is 12.8. The van der Waals surface area contributed by atoms with E-state index in [1.54, 1.807) is 0 Å². The van der Waals surface area contributed by atoms with Crippen LogP contribution in [0.15, 0.2) is 24.3 Å². The summed E-state index contributed by atoms with van der Waals surface area (Å²) in [5, 5.41) is 7.59. The molecule has 3 rings (SSSR count). The summed E-state index contributed by atoms with van der Waals surface area (Å²) < 4.78 is 2.05. The Morgan fingerprint density at radius 2 is 1.78 bits per heavy atom. The van der Waals surface area contributed by atoms with Gasteiger partial charge in [-0.05, 0) is 68.9 Å². The Bertz CT molecular complexity index is 924. The second-order valence-electron chi connectivity index (χ2n) is 9.56. The number of carbonyl (C=O) groups is 2. The first-order valence-electron chi connectivity index (χ1n) is 12.0. The van der Waals surface area contributed by atoms with Gasteiger partial charge in [0.1, 0.15) is 0 Å². The number of benzene rings is 1. The van der Waals surface area contributed by atoms with Gasteiger partial charge in [-0.1, -0.05) is 33.1 Å². The van der Waals surface area contributed by atoms with Crippen LogP contribution in [0.25, 0.3) is 0 Å². The van der Waals surface area contributed by atoms with Gasteiger partial charge in [0.25, 0.3) is 5.91 Å². The van der Waals surface area contributed by atoms with Gasteiger partial charge in [0.05, 0.1) is 5.69 Å². The van der Waals surface area contributed by atoms with Crippen molar-refractivity contribution in [2.75, 3.05) is 12.4 Å². The minimum Gasteiger partial charge on any atom is -0.339 e. The molecule has 1 saturated carbocycles. The third-order valence-corrected chi connectivity index (χ3v) is 6.53. The predicted octanol–water partition coefficient (Wildman–Crippen LogP) is 5.13. The average Bonchev–Trinajstić information content (AvgIpc) is 3.04. The molecule has 0 unspecified atom stereocenters. The number of hydrogen-bond donors (Lipinski definition) is 1. The molecule has 1 heterocycles. The third kappa shape index (κ3) is 5.99. The second kappa shape index (κ2) is 10.8. The molecule has 0 aliphatic heterocycles. The highest BCUT2D eigenvalue weighted by Crippen LogP contribution is 2.23. The highest BCUT2D eigenvalue weighted by molar-refractivity contribution is 5.96. The Morgan fingerprint density at radius 1 is 1.12 bits per heavy atom. The molecule has 1 aliphatic rings. The van der Waals surface area contributed by atoms with Crippen LogP contribution < -0.4 is 5.32 Å². The molecule has 1 aliphatic carbocycles. The van der Waals surface area contributed by atoms with E-state index in [0.29, 0.717) is 30.4 Å². The van der Waals surface area contributed by atoms with Crippen LogP contribution in [0.2, 0.25) is 0 Å². The molecule has 0 saturated heterocycles. The van der Waals surface area contributed by atoms with Gasteiger partial charge < -0.3 is 10.2 Å². The van der Waals surface area contributed by atoms with Crippen molar-refractivity contribution in [2.45, 2.75) is 85.2 Å². The van der Waals surface area contributed by atoms with Gasteiger partial charge in [-0.25, -0.2) is 0 Å². The average molecular weight is 439 g/mol. The molecule has 1 aromatic heterocycles. The van der Waals surface area contributed by atoms with Crippen molar-refractivity contribution in [3.63, 3.8) is 0 Å². The molecule has 6 heteroatoms. The summed E-state index contributed by atoms with van der Waals surface area (Å²) in [4.78, 5) is 27.2. The topological polar surface area (TPSA) is 67.2 Å². The Kier molecular flexibility index (Phi) is 8.10. The molecule has 0 atom stereocenters. The fourth-order valence-corrected chi connectivity index (χ4v) is 4.62. The van der Waals surface area contributed by atoms with E-state index in [1.807, 2.05) is 47.8 Å². The highest BCUT2D eigenvalue weighted by atomic mass is 16.2. The van der Waals surface area contributed by atoms with E-state index in [0.717, 1.165) is 42.0 Å². The summed E-state index contributed by atoms with van der Waals surface area (Å²) in [5.41, 5.74) is 4.69. The zero-order valence-corrected chi connectivity index (χ0v) is 20.3. The van der Waals surface area contributed by atoms with Gasteiger partial charge in [-0.3, -0.25) is 14.3 Å². The highest BCUT2D eigenvalue weighted by Gasteiger charge is 2.23. The van der Waals surface area contributed by atoms with Crippen molar-refractivity contribution in [3.8, 4) is 0 Å². The standard InChI is InChI=1S/C26H38N4O2/c1-18(2)17-30-20(4)24(19(3)28-30)15-16-25(31)27-22-13-11-21(12-14-22)26(32)29(5)23-9-7-6-8-10-23/h11-14,18,23H,6-10,15-17H2,1-5H3,(H,27,31). The smallest absolute Gasteiger partial charge is 0.253 e. The number of hydrogen-bond acceptors (Lipinski definition) is 3. The maximum Gasteiger partial charge on any atom is 0.253 e. The molecule has 0 spiro atoms. The van der Waals surface area contributed by atoms with E-state index >= 15 is 0 Å². The molecule has 32 heavy (non-hydrogen) atoms. The molecular weight excluding hydrogens is 400 g/mol. The molecule has 0 radical (unpaired) electrons. The molecule has 2 amide bonds. The van der Waals surface area contributed by atoms with Gasteiger partial charge in [-0.2, -0.15) is 5.10 Å². The Labute approximate surface area is 192 Å². The summed E-state index contributed by atoms with van der Waals surface area (Å²) in [6.45, 7) is 9.33. The molecule has 0 bridgehead atoms. The van der Waals surface area contributed by atoms with Crippen LogP contribution >= 0.6 is 0 Å². The lowest BCUT2D eigenvalue weighted by Gasteiger charge is -2.31. The van der Waals surface area contributed by atoms with Crippen LogP contribution in [-0.2, 0) is 17.8 Å². The number of amides is 2. The normalized spacial score (nSPS) is 14.6. The van der Waals surface area contributed by atoms with Crippen molar-refractivity contribution in [3.05, 3.63) is 46.8 Å². The zero-order valence-electron chi connectivity index (χ0n) is 20.3. The van der Waals surface area contributed by atoms with E-state index in [1.165, 1.54) is 19.3 Å². The fraction of sp³-hybridized carbons (Fsp3) is 0.577. The Balaban J connectivity index is 1.54. The summed E-state index contributed by atoms with van der Waals surface area (Å²) in [6, 6.07) is 7.59. The van der Waals surface area contributed by atoms with Crippen LogP contribution in [0.5, 0.6) is 0 Å². The van der Waals surface area contributed by atoms with Gasteiger partial charge in [0, 0.05) is 43.0 Å². The SMILES string of the molecule is Cc1nn(CC(C)C)c(C)c1CCC(=O)Nc1ccc(C(=O)N(C)C2CCCCC2)cc1. The molecule has 174 valence electrons. The van der Waals surface area contributed by atoms with E-state index in [9.17, 15) is 9.59 Å². The number of aromatic nitrogens is 2. The van der Waals surface area contributed by atoms with Gasteiger partial charge in [0.15, 0.2) is 0 Å². The molecular formula is C26H38N4O2. The first kappa shape index (κ1) is 24.0. The molecule has 1 aromatic carbocycles. The number of anilines is 1. The van der Waals surface area contributed by atoms with Crippen LogP contribution in [0.3, 0.4) is 0 Å². The fourth-order valence-electron chi connectivity index (χ4n) is 4.62. The number of aryl methyl sites for hydroxylation is 1. The summed E-state index contributed by atoms with van der Waals surface area (Å²) in [7, 11) is 1.90. The predicted molar refractivity (Wildman–Crippen MR) is 129 cm³/mol. The van der Waals surface area contributed by atoms with Crippen molar-refractivity contribution in [1.29, 1.82) is 0 Å². The number of nitrogens with zero attached hydrogens (tertiary/aromatic N) is 3. The van der Waals surface area contributed by atoms with Gasteiger partial charge in [0.2, 0.25) is 5.91 Å². The Morgan fingerprint density at radius 3 is 2.41 bits per heavy atom. The van der Waals surface area contributed by atoms with E-state index < -0.39 is 0 Å². The molecule has 1 fully saturated rings. The zero-order chi connectivity index (χ0) is 23.3. The Hall–Kier alpha value is -2.63. The molecule has 2 aromatic rings. The number of carbonyl (C=O) groups excluding carboxylic acids is 2. The first-order chi connectivity index (χ1) is 15.3. The summed E-state index contributed by atoms with van der Waals surface area (Å²) in [5.74, 6) is 0.555. The van der Waals surface area contributed by atoms with Crippen LogP contribution in [-0.4, -0.2) is 39.6 Å². The van der Waals surface area contributed by atoms with Gasteiger partial charge in [-0.15, -0.1) is 0 Å². The van der Waals surface area contributed by atoms with E-state index in [2.05, 4.69) is 31.2 Å². The first-order valence-corrected chi connectivity index (χ1v) is 12.0. The number of rotatable bonds is 8. The van der Waals surface area contributed by atoms with Crippen LogP contribution in [0.4, 0.5) is 5.69 Å². The lowest BCUT2D eigenvalue weighted by molar-refractivity contribution is -0.116. The van der Waals surface area contributed by atoms with Crippen molar-refractivity contribution in [2.24, 2.45) is 5.92 Å². The van der Waals surface area contributed by atoms with Crippen LogP contribution in [0, 0.1) is 19.8 Å². The van der Waals surface area contributed by atoms with Crippen molar-refractivity contribution < 1.29 is 9.59 Å². The third-order valence-electron chi connectivity index (χ3n) is 6.53. The molecule has 6 nitrogen and oxygen atoms in total. The minimum atomic E-state index is -0.0289. The second-order valence-corrected chi connectivity index (χ2v) is 9.56. The lowest BCUT2D eigenvalue weighted by Crippen LogP contribution is -2.38. The summed E-state index contributed by atoms with van der Waals surface area (Å²) >= 11 is 0. The monoisotopic (exact) mass is 438 g/mol. The van der Waals surface area contributed by atoms with Crippen molar-refractivity contribution >= 4 is 17.5 Å². The summed E-state index contributed by atoms with van der Waals surface area (Å²) in [6.07, 6.45) is 6.92. The maximum absolute atomic E-state index is 12.8. The van der Waals surface area contributed by atoms with Crippen LogP contribution in [0.1, 0.15) is 79.7 Å². The largest absolute Gasteiger partial charge is 0.339 e. The molecule has 1 N–H and O–H groups in total. The quantitative estimate of drug-likeness (QED) is 0.621. The lowest BCUT2D eigenvalue weighted by atomic mass is 9.94. The van der Waals surface area contributed by atoms with E-state index in [4.69, 9.17) is 0 Å². The van der Waals surface area contributed by atoms with Gasteiger partial charge >= 0.3 is 0 Å². The van der Waals surface area contributed by atoms with Crippen molar-refractivity contribution in [1.82, 2.24) is 14.7 Å². The number of nitrogens with one attached hydrogen (secondary N) is 1. The van der Waals surface area contributed by atoms with E-state index in [-0.39, 0.29) is 11.8 Å². The minimum absolute atomic E-state index is 0.0289.